The number of hydrogen-bond acceptors (Lipinski definition) is 7. The highest BCUT2D eigenvalue weighted by Crippen LogP contribution is 2.40. The van der Waals surface area contributed by atoms with Gasteiger partial charge < -0.3 is 33.5 Å². The van der Waals surface area contributed by atoms with E-state index in [-0.39, 0.29) is 11.3 Å². The molecule has 1 fully saturated rings. The molecule has 9 heteroatoms. The van der Waals surface area contributed by atoms with Gasteiger partial charge in [0.05, 0.1) is 52.3 Å². The summed E-state index contributed by atoms with van der Waals surface area (Å²) in [6, 6.07) is 7.42. The largest absolute Gasteiger partial charge is 0.868 e. The number of methoxy groups -OCH3 is 1. The zero-order chi connectivity index (χ0) is 23.4. The van der Waals surface area contributed by atoms with Crippen LogP contribution in [0.1, 0.15) is 29.1 Å². The monoisotopic (exact) mass is 456 g/mol. The Morgan fingerprint density at radius 1 is 1.24 bits per heavy atom. The number of furan rings is 1. The second-order valence-corrected chi connectivity index (χ2v) is 7.91. The number of carbonyl (C=O) groups excluding carboxylic acids is 2. The van der Waals surface area contributed by atoms with Crippen LogP contribution in [0.2, 0.25) is 0 Å². The molecule has 3 heterocycles. The first-order valence-corrected chi connectivity index (χ1v) is 11.1. The third-order valence-electron chi connectivity index (χ3n) is 5.98. The maximum absolute atomic E-state index is 13.2. The Bertz CT molecular complexity index is 1030. The van der Waals surface area contributed by atoms with Crippen molar-refractivity contribution in [3.05, 3.63) is 59.3 Å². The SMILES string of the molecule is CCOc1ccc(C2C(C(=O)c3ccco3)=C([O-])C(=O)N2CC[NH+]2CCOCC2)cc1OC. The van der Waals surface area contributed by atoms with E-state index in [1.54, 1.807) is 24.3 Å². The Kier molecular flexibility index (Phi) is 7.00. The zero-order valence-electron chi connectivity index (χ0n) is 18.8. The molecule has 0 bridgehead atoms. The predicted octanol–water partition coefficient (Wildman–Crippen LogP) is -0.0174. The zero-order valence-corrected chi connectivity index (χ0v) is 18.8. The van der Waals surface area contributed by atoms with Gasteiger partial charge >= 0.3 is 0 Å². The number of ketones is 1. The van der Waals surface area contributed by atoms with Crippen LogP contribution in [-0.4, -0.2) is 69.7 Å². The van der Waals surface area contributed by atoms with Gasteiger partial charge in [-0.1, -0.05) is 6.07 Å². The molecule has 0 saturated carbocycles. The summed E-state index contributed by atoms with van der Waals surface area (Å²) in [7, 11) is 1.52. The molecule has 2 aliphatic heterocycles. The molecule has 1 aromatic carbocycles. The summed E-state index contributed by atoms with van der Waals surface area (Å²) in [5.74, 6) is -1.04. The third kappa shape index (κ3) is 4.60. The molecule has 1 atom stereocenters. The predicted molar refractivity (Wildman–Crippen MR) is 115 cm³/mol. The number of morpholine rings is 1. The number of nitrogens with zero attached hydrogens (tertiary/aromatic N) is 1. The van der Waals surface area contributed by atoms with E-state index in [1.807, 2.05) is 6.92 Å². The van der Waals surface area contributed by atoms with Crippen molar-refractivity contribution in [2.24, 2.45) is 0 Å². The van der Waals surface area contributed by atoms with Crippen molar-refractivity contribution in [1.29, 1.82) is 0 Å². The van der Waals surface area contributed by atoms with E-state index >= 15 is 0 Å². The van der Waals surface area contributed by atoms with E-state index in [2.05, 4.69) is 0 Å². The summed E-state index contributed by atoms with van der Waals surface area (Å²) in [6.07, 6.45) is 1.36. The Hall–Kier alpha value is -3.30. The Morgan fingerprint density at radius 3 is 2.70 bits per heavy atom. The molecule has 2 aromatic rings. The molecule has 33 heavy (non-hydrogen) atoms. The van der Waals surface area contributed by atoms with Gasteiger partial charge in [-0.15, -0.1) is 0 Å². The standard InChI is InChI=1S/C24H28N2O7/c1-3-32-17-7-6-16(15-19(17)30-2)21-20(22(27)18-5-4-12-33-18)23(28)24(29)26(21)9-8-25-10-13-31-14-11-25/h4-7,12,15,21,28H,3,8-11,13-14H2,1-2H3. The van der Waals surface area contributed by atoms with Crippen LogP contribution >= 0.6 is 0 Å². The molecule has 0 radical (unpaired) electrons. The summed E-state index contributed by atoms with van der Waals surface area (Å²) < 4.78 is 21.7. The fraction of sp³-hybridized carbons (Fsp3) is 0.417. The van der Waals surface area contributed by atoms with Crippen LogP contribution in [0.3, 0.4) is 0 Å². The lowest BCUT2D eigenvalue weighted by Gasteiger charge is -2.30. The van der Waals surface area contributed by atoms with Crippen LogP contribution < -0.4 is 19.5 Å². The fourth-order valence-corrected chi connectivity index (χ4v) is 4.31. The second kappa shape index (κ2) is 10.1. The van der Waals surface area contributed by atoms with Gasteiger partial charge in [0.1, 0.15) is 13.1 Å². The maximum atomic E-state index is 13.2. The first kappa shape index (κ1) is 22.9. The molecular formula is C24H28N2O7. The third-order valence-corrected chi connectivity index (χ3v) is 5.98. The van der Waals surface area contributed by atoms with Crippen molar-refractivity contribution in [3.8, 4) is 11.5 Å². The number of Topliss-reactive ketones (excluding diaryl/α,β-unsaturated/α-hetero) is 1. The average molecular weight is 456 g/mol. The van der Waals surface area contributed by atoms with E-state index in [1.165, 1.54) is 29.2 Å². The number of rotatable bonds is 9. The summed E-state index contributed by atoms with van der Waals surface area (Å²) >= 11 is 0. The molecule has 176 valence electrons. The van der Waals surface area contributed by atoms with Crippen molar-refractivity contribution in [2.75, 3.05) is 53.1 Å². The number of nitrogens with one attached hydrogen (secondary N) is 1. The van der Waals surface area contributed by atoms with Gasteiger partial charge in [0, 0.05) is 5.57 Å². The van der Waals surface area contributed by atoms with E-state index in [9.17, 15) is 14.7 Å². The highest BCUT2D eigenvalue weighted by atomic mass is 16.5. The molecule has 1 saturated heterocycles. The van der Waals surface area contributed by atoms with E-state index in [0.717, 1.165) is 13.1 Å². The molecule has 1 aromatic heterocycles. The molecule has 9 nitrogen and oxygen atoms in total. The average Bonchev–Trinajstić information content (AvgIpc) is 3.46. The van der Waals surface area contributed by atoms with E-state index < -0.39 is 23.5 Å². The van der Waals surface area contributed by atoms with Crippen LogP contribution in [0.25, 0.3) is 0 Å². The van der Waals surface area contributed by atoms with Crippen molar-refractivity contribution in [1.82, 2.24) is 4.90 Å². The number of benzene rings is 1. The number of hydrogen-bond donors (Lipinski definition) is 1. The van der Waals surface area contributed by atoms with Gasteiger partial charge in [-0.05, 0) is 42.5 Å². The number of carbonyl (C=O) groups is 2. The van der Waals surface area contributed by atoms with Gasteiger partial charge in [0.15, 0.2) is 17.3 Å². The number of quaternary nitrogens is 1. The topological polar surface area (TPSA) is 106 Å². The Morgan fingerprint density at radius 2 is 2.03 bits per heavy atom. The molecule has 0 aliphatic carbocycles. The Balaban J connectivity index is 1.70. The molecule has 0 spiro atoms. The minimum Gasteiger partial charge on any atom is -0.868 e. The van der Waals surface area contributed by atoms with Crippen LogP contribution in [-0.2, 0) is 9.53 Å². The first-order chi connectivity index (χ1) is 16.0. The highest BCUT2D eigenvalue weighted by molar-refractivity contribution is 6.14. The lowest BCUT2D eigenvalue weighted by molar-refractivity contribution is -0.907. The lowest BCUT2D eigenvalue weighted by atomic mass is 9.94. The Labute approximate surface area is 192 Å². The molecule has 1 unspecified atom stereocenters. The van der Waals surface area contributed by atoms with Gasteiger partial charge in [-0.3, -0.25) is 9.59 Å². The van der Waals surface area contributed by atoms with Crippen molar-refractivity contribution >= 4 is 11.7 Å². The van der Waals surface area contributed by atoms with E-state index in [4.69, 9.17) is 18.6 Å². The minimum absolute atomic E-state index is 0.0229. The van der Waals surface area contributed by atoms with Gasteiger partial charge in [0.2, 0.25) is 11.7 Å². The fourth-order valence-electron chi connectivity index (χ4n) is 4.31. The van der Waals surface area contributed by atoms with Gasteiger partial charge in [0.25, 0.3) is 0 Å². The van der Waals surface area contributed by atoms with Crippen molar-refractivity contribution in [2.45, 2.75) is 13.0 Å². The second-order valence-electron chi connectivity index (χ2n) is 7.91. The molecule has 1 N–H and O–H groups in total. The normalized spacial score (nSPS) is 19.3. The van der Waals surface area contributed by atoms with Gasteiger partial charge in [-0.25, -0.2) is 0 Å². The van der Waals surface area contributed by atoms with Gasteiger partial charge in [-0.2, -0.15) is 0 Å². The number of ether oxygens (including phenoxy) is 3. The van der Waals surface area contributed by atoms with Crippen LogP contribution in [0.5, 0.6) is 11.5 Å². The lowest BCUT2D eigenvalue weighted by Crippen LogP contribution is -3.14. The molecule has 4 rings (SSSR count). The molecule has 1 amide bonds. The quantitative estimate of drug-likeness (QED) is 0.529. The maximum Gasteiger partial charge on any atom is 0.240 e. The van der Waals surface area contributed by atoms with Crippen LogP contribution in [0.4, 0.5) is 0 Å². The summed E-state index contributed by atoms with van der Waals surface area (Å²) in [5.41, 5.74) is 0.486. The smallest absolute Gasteiger partial charge is 0.240 e. The van der Waals surface area contributed by atoms with Crippen molar-refractivity contribution < 1.29 is 38.2 Å². The van der Waals surface area contributed by atoms with E-state index in [0.29, 0.717) is 50.0 Å². The van der Waals surface area contributed by atoms with Crippen LogP contribution in [0.15, 0.2) is 52.3 Å². The highest BCUT2D eigenvalue weighted by Gasteiger charge is 2.41. The van der Waals surface area contributed by atoms with Crippen LogP contribution in [0, 0.1) is 0 Å². The summed E-state index contributed by atoms with van der Waals surface area (Å²) in [5, 5.41) is 13.0. The summed E-state index contributed by atoms with van der Waals surface area (Å²) in [4.78, 5) is 29.0. The first-order valence-electron chi connectivity index (χ1n) is 11.1. The number of amides is 1. The molecular weight excluding hydrogens is 428 g/mol. The molecule has 2 aliphatic rings. The summed E-state index contributed by atoms with van der Waals surface area (Å²) in [6.45, 7) is 6.29. The minimum atomic E-state index is -0.840. The van der Waals surface area contributed by atoms with Crippen molar-refractivity contribution in [3.63, 3.8) is 0 Å².